The Labute approximate surface area is 162 Å². The van der Waals surface area contributed by atoms with Gasteiger partial charge < -0.3 is 10.2 Å². The van der Waals surface area contributed by atoms with E-state index in [2.05, 4.69) is 55.3 Å². The first-order chi connectivity index (χ1) is 13.2. The maximum Gasteiger partial charge on any atom is 0.162 e. The average molecular weight is 363 g/mol. The molecule has 1 aromatic heterocycles. The minimum atomic E-state index is 0.363. The Bertz CT molecular complexity index is 843. The van der Waals surface area contributed by atoms with Crippen molar-refractivity contribution in [3.63, 3.8) is 0 Å². The maximum absolute atomic E-state index is 4.85. The number of nitrogens with zero attached hydrogens (tertiary/aromatic N) is 3. The van der Waals surface area contributed by atoms with Crippen LogP contribution in [-0.4, -0.2) is 40.5 Å². The summed E-state index contributed by atoms with van der Waals surface area (Å²) in [5.41, 5.74) is 2.02. The van der Waals surface area contributed by atoms with E-state index >= 15 is 0 Å². The van der Waals surface area contributed by atoms with Crippen LogP contribution in [0.2, 0.25) is 0 Å². The third-order valence-electron chi connectivity index (χ3n) is 5.02. The normalized spacial score (nSPS) is 12.4. The van der Waals surface area contributed by atoms with E-state index < -0.39 is 0 Å². The zero-order valence-corrected chi connectivity index (χ0v) is 16.7. The van der Waals surface area contributed by atoms with Crippen LogP contribution in [0.1, 0.15) is 33.6 Å². The lowest BCUT2D eigenvalue weighted by Gasteiger charge is -2.20. The Morgan fingerprint density at radius 2 is 1.63 bits per heavy atom. The third-order valence-corrected chi connectivity index (χ3v) is 5.02. The van der Waals surface area contributed by atoms with Crippen molar-refractivity contribution in [3.05, 3.63) is 54.6 Å². The van der Waals surface area contributed by atoms with Crippen LogP contribution in [0.25, 0.3) is 22.3 Å². The van der Waals surface area contributed by atoms with E-state index in [1.807, 2.05) is 30.3 Å². The number of fused-ring (bicyclic) bond motifs is 1. The smallest absolute Gasteiger partial charge is 0.162 e. The molecule has 0 amide bonds. The van der Waals surface area contributed by atoms with E-state index in [9.17, 15) is 0 Å². The van der Waals surface area contributed by atoms with Gasteiger partial charge in [0.25, 0.3) is 0 Å². The SMILES string of the molecule is CCN(CC)CCC[C@@H](C)Nc1nc(-c2ccccc2)nc2ccccc12. The third kappa shape index (κ3) is 5.04. The first kappa shape index (κ1) is 19.3. The van der Waals surface area contributed by atoms with Crippen molar-refractivity contribution < 1.29 is 0 Å². The van der Waals surface area contributed by atoms with Gasteiger partial charge in [-0.05, 0) is 51.5 Å². The molecule has 0 aliphatic rings. The largest absolute Gasteiger partial charge is 0.367 e. The van der Waals surface area contributed by atoms with Gasteiger partial charge in [-0.1, -0.05) is 56.3 Å². The van der Waals surface area contributed by atoms with Gasteiger partial charge in [0, 0.05) is 17.0 Å². The highest BCUT2D eigenvalue weighted by Gasteiger charge is 2.11. The van der Waals surface area contributed by atoms with Crippen LogP contribution in [0, 0.1) is 0 Å². The quantitative estimate of drug-likeness (QED) is 0.567. The second kappa shape index (κ2) is 9.47. The lowest BCUT2D eigenvalue weighted by Crippen LogP contribution is -2.25. The van der Waals surface area contributed by atoms with Crippen LogP contribution < -0.4 is 5.32 Å². The number of para-hydroxylation sites is 1. The van der Waals surface area contributed by atoms with Crippen LogP contribution in [0.15, 0.2) is 54.6 Å². The molecule has 1 N–H and O–H groups in total. The molecule has 4 nitrogen and oxygen atoms in total. The van der Waals surface area contributed by atoms with Crippen LogP contribution in [0.4, 0.5) is 5.82 Å². The Morgan fingerprint density at radius 1 is 0.926 bits per heavy atom. The highest BCUT2D eigenvalue weighted by atomic mass is 15.1. The topological polar surface area (TPSA) is 41.0 Å². The predicted octanol–water partition coefficient (Wildman–Crippen LogP) is 5.22. The molecule has 0 radical (unpaired) electrons. The fourth-order valence-corrected chi connectivity index (χ4v) is 3.37. The van der Waals surface area contributed by atoms with Crippen LogP contribution in [0.3, 0.4) is 0 Å². The molecule has 0 aliphatic carbocycles. The summed E-state index contributed by atoms with van der Waals surface area (Å²) >= 11 is 0. The average Bonchev–Trinajstić information content (AvgIpc) is 2.72. The summed E-state index contributed by atoms with van der Waals surface area (Å²) < 4.78 is 0. The highest BCUT2D eigenvalue weighted by molar-refractivity contribution is 5.90. The van der Waals surface area contributed by atoms with E-state index in [-0.39, 0.29) is 0 Å². The Morgan fingerprint density at radius 3 is 2.37 bits per heavy atom. The van der Waals surface area contributed by atoms with Crippen molar-refractivity contribution in [1.29, 1.82) is 0 Å². The van der Waals surface area contributed by atoms with Gasteiger partial charge in [0.05, 0.1) is 5.52 Å². The van der Waals surface area contributed by atoms with Crippen LogP contribution in [0.5, 0.6) is 0 Å². The Balaban J connectivity index is 1.78. The molecule has 0 saturated carbocycles. The van der Waals surface area contributed by atoms with E-state index in [0.29, 0.717) is 6.04 Å². The lowest BCUT2D eigenvalue weighted by molar-refractivity contribution is 0.295. The highest BCUT2D eigenvalue weighted by Crippen LogP contribution is 2.25. The van der Waals surface area contributed by atoms with Gasteiger partial charge in [-0.3, -0.25) is 0 Å². The predicted molar refractivity (Wildman–Crippen MR) is 115 cm³/mol. The van der Waals surface area contributed by atoms with Gasteiger partial charge in [-0.2, -0.15) is 0 Å². The first-order valence-corrected chi connectivity index (χ1v) is 10.0. The van der Waals surface area contributed by atoms with Crippen molar-refractivity contribution in [1.82, 2.24) is 14.9 Å². The molecule has 0 fully saturated rings. The second-order valence-corrected chi connectivity index (χ2v) is 6.99. The van der Waals surface area contributed by atoms with Gasteiger partial charge in [0.2, 0.25) is 0 Å². The van der Waals surface area contributed by atoms with Gasteiger partial charge >= 0.3 is 0 Å². The van der Waals surface area contributed by atoms with Crippen molar-refractivity contribution >= 4 is 16.7 Å². The monoisotopic (exact) mass is 362 g/mol. The Kier molecular flexibility index (Phi) is 6.77. The summed E-state index contributed by atoms with van der Waals surface area (Å²) in [5.74, 6) is 1.70. The summed E-state index contributed by atoms with van der Waals surface area (Å²) in [5, 5.41) is 4.71. The minimum Gasteiger partial charge on any atom is -0.367 e. The van der Waals surface area contributed by atoms with Gasteiger partial charge in [0.15, 0.2) is 5.82 Å². The number of rotatable bonds is 9. The molecule has 1 heterocycles. The minimum absolute atomic E-state index is 0.363. The van der Waals surface area contributed by atoms with Gasteiger partial charge in [-0.25, -0.2) is 9.97 Å². The molecule has 0 aliphatic heterocycles. The number of hydrogen-bond acceptors (Lipinski definition) is 4. The second-order valence-electron chi connectivity index (χ2n) is 6.99. The van der Waals surface area contributed by atoms with Crippen molar-refractivity contribution in [2.24, 2.45) is 0 Å². The standard InChI is InChI=1S/C23H30N4/c1-4-27(5-2)17-11-12-18(3)24-23-20-15-9-10-16-21(20)25-22(26-23)19-13-7-6-8-14-19/h6-10,13-16,18H,4-5,11-12,17H2,1-3H3,(H,24,25,26)/t18-/m1/s1. The molecule has 0 saturated heterocycles. The molecule has 0 spiro atoms. The molecule has 3 aromatic rings. The number of benzene rings is 2. The van der Waals surface area contributed by atoms with E-state index in [1.54, 1.807) is 0 Å². The van der Waals surface area contributed by atoms with E-state index in [4.69, 9.17) is 9.97 Å². The first-order valence-electron chi connectivity index (χ1n) is 10.0. The van der Waals surface area contributed by atoms with Gasteiger partial charge in [-0.15, -0.1) is 0 Å². The zero-order chi connectivity index (χ0) is 19.1. The van der Waals surface area contributed by atoms with E-state index in [1.165, 1.54) is 6.42 Å². The molecule has 142 valence electrons. The Hall–Kier alpha value is -2.46. The van der Waals surface area contributed by atoms with Crippen LogP contribution in [-0.2, 0) is 0 Å². The van der Waals surface area contributed by atoms with Gasteiger partial charge in [0.1, 0.15) is 5.82 Å². The molecular weight excluding hydrogens is 332 g/mol. The molecule has 4 heteroatoms. The lowest BCUT2D eigenvalue weighted by atomic mass is 10.1. The molecule has 27 heavy (non-hydrogen) atoms. The van der Waals surface area contributed by atoms with E-state index in [0.717, 1.165) is 54.2 Å². The van der Waals surface area contributed by atoms with Crippen molar-refractivity contribution in [3.8, 4) is 11.4 Å². The van der Waals surface area contributed by atoms with Crippen molar-refractivity contribution in [2.75, 3.05) is 25.0 Å². The summed E-state index contributed by atoms with van der Waals surface area (Å²) in [4.78, 5) is 12.1. The molecular formula is C23H30N4. The number of nitrogens with one attached hydrogen (secondary N) is 1. The number of hydrogen-bond donors (Lipinski definition) is 1. The zero-order valence-electron chi connectivity index (χ0n) is 16.7. The molecule has 0 unspecified atom stereocenters. The van der Waals surface area contributed by atoms with Crippen molar-refractivity contribution in [2.45, 2.75) is 39.7 Å². The molecule has 2 aromatic carbocycles. The fourth-order valence-electron chi connectivity index (χ4n) is 3.37. The molecule has 1 atom stereocenters. The molecule has 3 rings (SSSR count). The fraction of sp³-hybridized carbons (Fsp3) is 0.391. The maximum atomic E-state index is 4.85. The van der Waals surface area contributed by atoms with Crippen LogP contribution >= 0.6 is 0 Å². The summed E-state index contributed by atoms with van der Waals surface area (Å²) in [6, 6.07) is 18.8. The summed E-state index contributed by atoms with van der Waals surface area (Å²) in [7, 11) is 0. The summed E-state index contributed by atoms with van der Waals surface area (Å²) in [6.45, 7) is 10.1. The number of aromatic nitrogens is 2. The number of anilines is 1. The molecule has 0 bridgehead atoms. The summed E-state index contributed by atoms with van der Waals surface area (Å²) in [6.07, 6.45) is 2.31.